The molecule has 0 amide bonds. The Bertz CT molecular complexity index is 239. The minimum atomic E-state index is -0.210. The second-order valence-electron chi connectivity index (χ2n) is 5.25. The van der Waals surface area contributed by atoms with E-state index in [1.165, 1.54) is 25.8 Å². The number of ether oxygens (including phenoxy) is 2. The third-order valence-electron chi connectivity index (χ3n) is 4.07. The fourth-order valence-corrected chi connectivity index (χ4v) is 2.94. The molecule has 1 aliphatic heterocycles. The van der Waals surface area contributed by atoms with Gasteiger partial charge in [-0.05, 0) is 39.3 Å². The number of allylic oxidation sites excluding steroid dienone is 1. The van der Waals surface area contributed by atoms with E-state index in [2.05, 4.69) is 18.5 Å². The van der Waals surface area contributed by atoms with Crippen molar-refractivity contribution in [2.45, 2.75) is 50.4 Å². The van der Waals surface area contributed by atoms with Gasteiger partial charge in [-0.15, -0.1) is 6.58 Å². The molecule has 0 aromatic carbocycles. The summed E-state index contributed by atoms with van der Waals surface area (Å²) in [6, 6.07) is 0.707. The number of nitrogens with zero attached hydrogens (tertiary/aromatic N) is 1. The van der Waals surface area contributed by atoms with Crippen LogP contribution in [0.4, 0.5) is 0 Å². The number of rotatable bonds is 5. The second-order valence-corrected chi connectivity index (χ2v) is 5.25. The van der Waals surface area contributed by atoms with Gasteiger partial charge in [0.25, 0.3) is 0 Å². The Morgan fingerprint density at radius 2 is 1.94 bits per heavy atom. The maximum absolute atomic E-state index is 5.75. The largest absolute Gasteiger partial charge is 0.348 e. The lowest BCUT2D eigenvalue weighted by Gasteiger charge is -2.39. The zero-order valence-corrected chi connectivity index (χ0v) is 11.0. The van der Waals surface area contributed by atoms with Crippen molar-refractivity contribution >= 4 is 0 Å². The molecule has 0 N–H and O–H groups in total. The van der Waals surface area contributed by atoms with E-state index in [4.69, 9.17) is 9.47 Å². The van der Waals surface area contributed by atoms with E-state index >= 15 is 0 Å². The molecule has 0 aromatic rings. The van der Waals surface area contributed by atoms with Crippen molar-refractivity contribution in [3.63, 3.8) is 0 Å². The molecule has 0 aromatic heterocycles. The Hall–Kier alpha value is -0.380. The van der Waals surface area contributed by atoms with Gasteiger partial charge in [-0.2, -0.15) is 0 Å². The van der Waals surface area contributed by atoms with Crippen molar-refractivity contribution in [2.75, 3.05) is 26.8 Å². The van der Waals surface area contributed by atoms with Crippen LogP contribution in [0.15, 0.2) is 12.7 Å². The van der Waals surface area contributed by atoms with E-state index < -0.39 is 0 Å². The number of hydrogen-bond acceptors (Lipinski definition) is 3. The zero-order valence-electron chi connectivity index (χ0n) is 11.0. The van der Waals surface area contributed by atoms with Gasteiger partial charge >= 0.3 is 0 Å². The topological polar surface area (TPSA) is 21.7 Å². The molecule has 1 aliphatic carbocycles. The van der Waals surface area contributed by atoms with Crippen LogP contribution < -0.4 is 0 Å². The monoisotopic (exact) mass is 239 g/mol. The Labute approximate surface area is 105 Å². The molecule has 1 saturated heterocycles. The van der Waals surface area contributed by atoms with Gasteiger partial charge in [-0.3, -0.25) is 0 Å². The summed E-state index contributed by atoms with van der Waals surface area (Å²) in [4.78, 5) is 2.49. The molecule has 1 saturated carbocycles. The van der Waals surface area contributed by atoms with Crippen molar-refractivity contribution in [3.8, 4) is 0 Å². The van der Waals surface area contributed by atoms with E-state index in [1.807, 2.05) is 6.08 Å². The average Bonchev–Trinajstić information content (AvgIpc) is 2.79. The van der Waals surface area contributed by atoms with E-state index in [0.29, 0.717) is 6.04 Å². The van der Waals surface area contributed by atoms with Gasteiger partial charge in [-0.25, -0.2) is 0 Å². The summed E-state index contributed by atoms with van der Waals surface area (Å²) in [5.41, 5.74) is 0. The molecule has 98 valence electrons. The van der Waals surface area contributed by atoms with E-state index in [0.717, 1.165) is 32.5 Å². The van der Waals surface area contributed by atoms with Crippen LogP contribution in [0.3, 0.4) is 0 Å². The molecule has 3 heteroatoms. The van der Waals surface area contributed by atoms with Gasteiger partial charge in [0.1, 0.15) is 0 Å². The van der Waals surface area contributed by atoms with Crippen LogP contribution in [0.2, 0.25) is 0 Å². The second kappa shape index (κ2) is 5.98. The van der Waals surface area contributed by atoms with Crippen molar-refractivity contribution in [3.05, 3.63) is 12.7 Å². The quantitative estimate of drug-likeness (QED) is 0.543. The number of hydrogen-bond donors (Lipinski definition) is 0. The first kappa shape index (κ1) is 13.1. The summed E-state index contributed by atoms with van der Waals surface area (Å²) in [5, 5.41) is 0. The summed E-state index contributed by atoms with van der Waals surface area (Å²) >= 11 is 0. The summed E-state index contributed by atoms with van der Waals surface area (Å²) in [5.74, 6) is -0.210. The molecule has 1 heterocycles. The lowest BCUT2D eigenvalue weighted by Crippen LogP contribution is -2.43. The highest BCUT2D eigenvalue weighted by atomic mass is 16.7. The summed E-state index contributed by atoms with van der Waals surface area (Å²) in [6.07, 6.45) is 8.86. The van der Waals surface area contributed by atoms with Gasteiger partial charge < -0.3 is 14.4 Å². The van der Waals surface area contributed by atoms with Gasteiger partial charge in [-0.1, -0.05) is 6.08 Å². The van der Waals surface area contributed by atoms with Crippen LogP contribution in [0.1, 0.15) is 38.5 Å². The fourth-order valence-electron chi connectivity index (χ4n) is 2.94. The summed E-state index contributed by atoms with van der Waals surface area (Å²) in [7, 11) is 2.24. The molecule has 0 radical (unpaired) electrons. The van der Waals surface area contributed by atoms with Crippen LogP contribution in [0, 0.1) is 0 Å². The molecular formula is C14H25NO2. The first-order valence-corrected chi connectivity index (χ1v) is 6.85. The highest BCUT2D eigenvalue weighted by molar-refractivity contribution is 4.86. The first-order valence-electron chi connectivity index (χ1n) is 6.85. The SMILES string of the molecule is C=CCCCN(C)C1CCC2(CC1)OCCO2. The van der Waals surface area contributed by atoms with Crippen LogP contribution in [-0.2, 0) is 9.47 Å². The molecule has 2 aliphatic rings. The lowest BCUT2D eigenvalue weighted by atomic mass is 9.89. The molecule has 17 heavy (non-hydrogen) atoms. The van der Waals surface area contributed by atoms with Gasteiger partial charge in [0.2, 0.25) is 0 Å². The molecule has 0 bridgehead atoms. The van der Waals surface area contributed by atoms with Crippen LogP contribution in [0.5, 0.6) is 0 Å². The molecule has 2 fully saturated rings. The predicted molar refractivity (Wildman–Crippen MR) is 69.0 cm³/mol. The molecule has 0 unspecified atom stereocenters. The Morgan fingerprint density at radius 3 is 2.53 bits per heavy atom. The molecule has 0 atom stereocenters. The van der Waals surface area contributed by atoms with Gasteiger partial charge in [0.05, 0.1) is 13.2 Å². The third kappa shape index (κ3) is 3.30. The maximum atomic E-state index is 5.75. The maximum Gasteiger partial charge on any atom is 0.168 e. The molecule has 2 rings (SSSR count). The highest BCUT2D eigenvalue weighted by Crippen LogP contribution is 2.37. The van der Waals surface area contributed by atoms with Crippen molar-refractivity contribution in [1.82, 2.24) is 4.90 Å². The van der Waals surface area contributed by atoms with Crippen molar-refractivity contribution in [1.29, 1.82) is 0 Å². The minimum absolute atomic E-state index is 0.210. The normalized spacial score (nSPS) is 24.6. The minimum Gasteiger partial charge on any atom is -0.348 e. The van der Waals surface area contributed by atoms with E-state index in [-0.39, 0.29) is 5.79 Å². The predicted octanol–water partition coefficient (Wildman–Crippen LogP) is 2.57. The van der Waals surface area contributed by atoms with Gasteiger partial charge in [0.15, 0.2) is 5.79 Å². The number of unbranched alkanes of at least 4 members (excludes halogenated alkanes) is 1. The third-order valence-corrected chi connectivity index (χ3v) is 4.07. The summed E-state index contributed by atoms with van der Waals surface area (Å²) in [6.45, 7) is 6.49. The Kier molecular flexibility index (Phi) is 4.60. The van der Waals surface area contributed by atoms with E-state index in [9.17, 15) is 0 Å². The van der Waals surface area contributed by atoms with Crippen LogP contribution >= 0.6 is 0 Å². The lowest BCUT2D eigenvalue weighted by molar-refractivity contribution is -0.183. The summed E-state index contributed by atoms with van der Waals surface area (Å²) < 4.78 is 11.5. The van der Waals surface area contributed by atoms with Crippen molar-refractivity contribution < 1.29 is 9.47 Å². The Balaban J connectivity index is 1.72. The first-order chi connectivity index (χ1) is 8.26. The average molecular weight is 239 g/mol. The molecule has 3 nitrogen and oxygen atoms in total. The Morgan fingerprint density at radius 1 is 1.29 bits per heavy atom. The van der Waals surface area contributed by atoms with Crippen LogP contribution in [-0.4, -0.2) is 43.5 Å². The smallest absolute Gasteiger partial charge is 0.168 e. The van der Waals surface area contributed by atoms with E-state index in [1.54, 1.807) is 0 Å². The van der Waals surface area contributed by atoms with Crippen molar-refractivity contribution in [2.24, 2.45) is 0 Å². The standard InChI is InChI=1S/C14H25NO2/c1-3-4-5-10-15(2)13-6-8-14(9-7-13)16-11-12-17-14/h3,13H,1,4-12H2,2H3. The molecule has 1 spiro atoms. The fraction of sp³-hybridized carbons (Fsp3) is 0.857. The zero-order chi connectivity index (χ0) is 12.1. The highest BCUT2D eigenvalue weighted by Gasteiger charge is 2.40. The van der Waals surface area contributed by atoms with Gasteiger partial charge in [0, 0.05) is 18.9 Å². The molecular weight excluding hydrogens is 214 g/mol. The van der Waals surface area contributed by atoms with Crippen LogP contribution in [0.25, 0.3) is 0 Å².